The molecule has 0 aromatic carbocycles. The number of nitrogens with zero attached hydrogens (tertiary/aromatic N) is 2. The molecule has 32 heavy (non-hydrogen) atoms. The molecule has 3 rings (SSSR count). The average Bonchev–Trinajstić information content (AvgIpc) is 3.26. The quantitative estimate of drug-likeness (QED) is 0.519. The smallest absolute Gasteiger partial charge is 0.249 e. The summed E-state index contributed by atoms with van der Waals surface area (Å²) in [4.78, 5) is 43.2. The van der Waals surface area contributed by atoms with Gasteiger partial charge in [0.05, 0.1) is 24.0 Å². The third kappa shape index (κ3) is 5.53. The van der Waals surface area contributed by atoms with E-state index in [1.165, 1.54) is 26.2 Å². The van der Waals surface area contributed by atoms with Crippen LogP contribution in [0.25, 0.3) is 0 Å². The molecule has 2 aliphatic rings. The number of hydrogen-bond acceptors (Lipinski definition) is 5. The number of likely N-dealkylation sites (tertiary alicyclic amines) is 1. The standard InChI is InChI=1S/C24H35N5O3/c1-16(30)22(25)18-9-11-26-14-19(18)27-15-21(31)29-12-6-8-20(29)23(32)28-13-17-7-4-5-10-24(17,2)3/h9,11,14,17,20,25,27H,4-8,10,12-13,15H2,1-3H3,(H,28,32)/p+1/t17?,20-/m0/s1. The first-order valence-corrected chi connectivity index (χ1v) is 11.6. The van der Waals surface area contributed by atoms with E-state index in [0.29, 0.717) is 36.7 Å². The first kappa shape index (κ1) is 23.9. The summed E-state index contributed by atoms with van der Waals surface area (Å²) in [6.45, 7) is 7.19. The minimum Gasteiger partial charge on any atom is -0.374 e. The van der Waals surface area contributed by atoms with Crippen LogP contribution in [0.1, 0.15) is 64.9 Å². The van der Waals surface area contributed by atoms with Crippen LogP contribution in [0.4, 0.5) is 5.69 Å². The second-order valence-electron chi connectivity index (χ2n) is 9.67. The zero-order valence-electron chi connectivity index (χ0n) is 19.4. The van der Waals surface area contributed by atoms with E-state index in [0.717, 1.165) is 12.8 Å². The van der Waals surface area contributed by atoms with Crippen molar-refractivity contribution in [3.05, 3.63) is 24.0 Å². The Hall–Kier alpha value is -2.77. The third-order valence-electron chi connectivity index (χ3n) is 7.05. The Labute approximate surface area is 190 Å². The first-order valence-electron chi connectivity index (χ1n) is 11.6. The van der Waals surface area contributed by atoms with Gasteiger partial charge in [0.15, 0.2) is 0 Å². The molecule has 0 radical (unpaired) electrons. The van der Waals surface area contributed by atoms with Crippen molar-refractivity contribution < 1.29 is 19.8 Å². The van der Waals surface area contributed by atoms with Gasteiger partial charge in [-0.3, -0.25) is 24.8 Å². The van der Waals surface area contributed by atoms with Crippen LogP contribution in [-0.2, 0) is 14.4 Å². The van der Waals surface area contributed by atoms with Gasteiger partial charge in [-0.2, -0.15) is 0 Å². The van der Waals surface area contributed by atoms with Crippen LogP contribution in [-0.4, -0.2) is 58.9 Å². The van der Waals surface area contributed by atoms with Gasteiger partial charge >= 0.3 is 0 Å². The summed E-state index contributed by atoms with van der Waals surface area (Å²) < 4.78 is 0. The maximum atomic E-state index is 12.9. The van der Waals surface area contributed by atoms with Crippen molar-refractivity contribution in [2.45, 2.75) is 65.3 Å². The lowest BCUT2D eigenvalue weighted by Gasteiger charge is -2.39. The van der Waals surface area contributed by atoms with Gasteiger partial charge in [0.25, 0.3) is 0 Å². The van der Waals surface area contributed by atoms with Gasteiger partial charge in [-0.05, 0) is 43.1 Å². The van der Waals surface area contributed by atoms with E-state index < -0.39 is 6.04 Å². The summed E-state index contributed by atoms with van der Waals surface area (Å²) in [5, 5.41) is 12.1. The van der Waals surface area contributed by atoms with Crippen LogP contribution in [0.5, 0.6) is 0 Å². The molecule has 8 nitrogen and oxygen atoms in total. The number of Topliss-reactive ketones (excluding diaryl/α,β-unsaturated/α-hetero) is 1. The van der Waals surface area contributed by atoms with Crippen LogP contribution < -0.4 is 16.0 Å². The molecule has 174 valence electrons. The molecule has 2 amide bonds. The molecule has 1 aromatic rings. The predicted molar refractivity (Wildman–Crippen MR) is 123 cm³/mol. The van der Waals surface area contributed by atoms with Crippen molar-refractivity contribution >= 4 is 29.0 Å². The molecular weight excluding hydrogens is 406 g/mol. The van der Waals surface area contributed by atoms with Gasteiger partial charge in [0.2, 0.25) is 23.3 Å². The SMILES string of the molecule is CC(=O)C(=[NH2+])c1ccncc1NCC(=O)N1CCC[C@H]1C(=O)NCC1CCCCC1(C)C. The molecule has 2 heterocycles. The normalized spacial score (nSPS) is 22.3. The summed E-state index contributed by atoms with van der Waals surface area (Å²) in [6, 6.07) is 1.21. The van der Waals surface area contributed by atoms with Crippen LogP contribution in [0, 0.1) is 11.3 Å². The Kier molecular flexibility index (Phi) is 7.64. The molecule has 0 spiro atoms. The molecule has 1 aliphatic carbocycles. The number of carbonyl (C=O) groups excluding carboxylic acids is 3. The highest BCUT2D eigenvalue weighted by molar-refractivity contribution is 6.43. The molecule has 1 unspecified atom stereocenters. The molecule has 1 aliphatic heterocycles. The van der Waals surface area contributed by atoms with Gasteiger partial charge < -0.3 is 15.5 Å². The van der Waals surface area contributed by atoms with Gasteiger partial charge in [-0.1, -0.05) is 26.7 Å². The van der Waals surface area contributed by atoms with E-state index in [4.69, 9.17) is 5.41 Å². The maximum Gasteiger partial charge on any atom is 0.249 e. The zero-order chi connectivity index (χ0) is 23.3. The second-order valence-corrected chi connectivity index (χ2v) is 9.67. The topological polar surface area (TPSA) is 117 Å². The Morgan fingerprint density at radius 2 is 2.00 bits per heavy atom. The lowest BCUT2D eigenvalue weighted by molar-refractivity contribution is -0.137. The summed E-state index contributed by atoms with van der Waals surface area (Å²) >= 11 is 0. The number of hydrogen-bond donors (Lipinski definition) is 3. The fourth-order valence-corrected chi connectivity index (χ4v) is 4.86. The number of rotatable bonds is 8. The largest absolute Gasteiger partial charge is 0.374 e. The van der Waals surface area contributed by atoms with E-state index in [1.54, 1.807) is 23.4 Å². The molecule has 2 fully saturated rings. The molecule has 4 N–H and O–H groups in total. The number of aromatic nitrogens is 1. The number of nitrogens with one attached hydrogen (secondary N) is 2. The van der Waals surface area contributed by atoms with E-state index >= 15 is 0 Å². The second kappa shape index (κ2) is 10.2. The van der Waals surface area contributed by atoms with Crippen molar-refractivity contribution in [3.63, 3.8) is 0 Å². The Morgan fingerprint density at radius 3 is 2.72 bits per heavy atom. The molecule has 1 saturated heterocycles. The highest BCUT2D eigenvalue weighted by Gasteiger charge is 2.36. The monoisotopic (exact) mass is 442 g/mol. The summed E-state index contributed by atoms with van der Waals surface area (Å²) in [7, 11) is 0. The van der Waals surface area contributed by atoms with Crippen LogP contribution >= 0.6 is 0 Å². The minimum absolute atomic E-state index is 0.00329. The predicted octanol–water partition coefficient (Wildman–Crippen LogP) is 0.954. The van der Waals surface area contributed by atoms with E-state index in [2.05, 4.69) is 29.5 Å². The summed E-state index contributed by atoms with van der Waals surface area (Å²) in [5.41, 5.74) is 1.40. The summed E-state index contributed by atoms with van der Waals surface area (Å²) in [5.74, 6) is 0.00713. The van der Waals surface area contributed by atoms with Gasteiger partial charge in [-0.25, -0.2) is 0 Å². The summed E-state index contributed by atoms with van der Waals surface area (Å²) in [6.07, 6.45) is 9.37. The Balaban J connectivity index is 1.57. The number of ketones is 1. The van der Waals surface area contributed by atoms with Gasteiger partial charge in [-0.15, -0.1) is 0 Å². The van der Waals surface area contributed by atoms with Gasteiger partial charge in [0.1, 0.15) is 6.04 Å². The highest BCUT2D eigenvalue weighted by Crippen LogP contribution is 2.40. The average molecular weight is 443 g/mol. The molecule has 1 saturated carbocycles. The molecule has 0 bridgehead atoms. The number of nitrogens with two attached hydrogens (primary N) is 1. The van der Waals surface area contributed by atoms with Gasteiger partial charge in [0, 0.05) is 26.2 Å². The fraction of sp³-hybridized carbons (Fsp3) is 0.625. The first-order chi connectivity index (χ1) is 15.2. The lowest BCUT2D eigenvalue weighted by Crippen LogP contribution is -2.49. The number of amides is 2. The van der Waals surface area contributed by atoms with Crippen LogP contribution in [0.3, 0.4) is 0 Å². The van der Waals surface area contributed by atoms with Crippen molar-refractivity contribution in [1.82, 2.24) is 15.2 Å². The molecule has 2 atom stereocenters. The number of carbonyl (C=O) groups is 3. The zero-order valence-corrected chi connectivity index (χ0v) is 19.4. The number of pyridine rings is 1. The van der Waals surface area contributed by atoms with E-state index in [9.17, 15) is 14.4 Å². The Bertz CT molecular complexity index is 882. The van der Waals surface area contributed by atoms with Crippen LogP contribution in [0.15, 0.2) is 18.5 Å². The minimum atomic E-state index is -0.432. The Morgan fingerprint density at radius 1 is 1.22 bits per heavy atom. The van der Waals surface area contributed by atoms with Crippen LogP contribution in [0.2, 0.25) is 0 Å². The molecule has 8 heteroatoms. The highest BCUT2D eigenvalue weighted by atomic mass is 16.2. The van der Waals surface area contributed by atoms with Crippen molar-refractivity contribution in [3.8, 4) is 0 Å². The van der Waals surface area contributed by atoms with E-state index in [-0.39, 0.29) is 35.3 Å². The lowest BCUT2D eigenvalue weighted by atomic mass is 9.69. The third-order valence-corrected chi connectivity index (χ3v) is 7.05. The van der Waals surface area contributed by atoms with E-state index in [1.807, 2.05) is 0 Å². The van der Waals surface area contributed by atoms with Crippen molar-refractivity contribution in [1.29, 1.82) is 0 Å². The maximum absolute atomic E-state index is 12.9. The molecular formula is C24H36N5O3+. The number of anilines is 1. The molecule has 1 aromatic heterocycles. The fourth-order valence-electron chi connectivity index (χ4n) is 4.86. The van der Waals surface area contributed by atoms with Crippen molar-refractivity contribution in [2.75, 3.05) is 25.0 Å². The van der Waals surface area contributed by atoms with Crippen molar-refractivity contribution in [2.24, 2.45) is 11.3 Å².